The van der Waals surface area contributed by atoms with E-state index in [0.717, 1.165) is 0 Å². The van der Waals surface area contributed by atoms with Gasteiger partial charge in [0.15, 0.2) is 11.6 Å². The molecule has 0 atom stereocenters. The Bertz CT molecular complexity index is 798. The molecule has 0 saturated carbocycles. The van der Waals surface area contributed by atoms with Crippen molar-refractivity contribution in [1.29, 1.82) is 0 Å². The summed E-state index contributed by atoms with van der Waals surface area (Å²) in [6.07, 6.45) is 3.82. The zero-order valence-electron chi connectivity index (χ0n) is 14.5. The van der Waals surface area contributed by atoms with Crippen molar-refractivity contribution in [1.82, 2.24) is 14.8 Å². The van der Waals surface area contributed by atoms with Gasteiger partial charge < -0.3 is 14.5 Å². The minimum atomic E-state index is -0.568. The lowest BCUT2D eigenvalue weighted by Gasteiger charge is -2.22. The maximum atomic E-state index is 13.9. The number of halogens is 1. The first-order valence-corrected chi connectivity index (χ1v) is 8.42. The molecule has 2 amide bonds. The summed E-state index contributed by atoms with van der Waals surface area (Å²) in [7, 11) is 1.38. The molecule has 136 valence electrons. The van der Waals surface area contributed by atoms with Gasteiger partial charge in [-0.3, -0.25) is 14.6 Å². The van der Waals surface area contributed by atoms with Crippen molar-refractivity contribution in [2.45, 2.75) is 6.42 Å². The van der Waals surface area contributed by atoms with Crippen molar-refractivity contribution in [3.63, 3.8) is 0 Å². The van der Waals surface area contributed by atoms with Crippen molar-refractivity contribution in [2.24, 2.45) is 0 Å². The smallest absolute Gasteiger partial charge is 0.255 e. The minimum absolute atomic E-state index is 0.0945. The number of rotatable bonds is 3. The summed E-state index contributed by atoms with van der Waals surface area (Å²) in [4.78, 5) is 32.5. The van der Waals surface area contributed by atoms with Gasteiger partial charge in [0, 0.05) is 44.1 Å². The summed E-state index contributed by atoms with van der Waals surface area (Å²) in [5.74, 6) is -0.808. The lowest BCUT2D eigenvalue weighted by molar-refractivity contribution is 0.0718. The Morgan fingerprint density at radius 2 is 1.73 bits per heavy atom. The van der Waals surface area contributed by atoms with E-state index >= 15 is 0 Å². The number of ether oxygens (including phenoxy) is 1. The topological polar surface area (TPSA) is 62.7 Å². The van der Waals surface area contributed by atoms with Crippen LogP contribution in [0.15, 0.2) is 42.7 Å². The lowest BCUT2D eigenvalue weighted by atomic mass is 10.1. The number of hydrogen-bond acceptors (Lipinski definition) is 4. The summed E-state index contributed by atoms with van der Waals surface area (Å²) < 4.78 is 18.7. The molecule has 26 heavy (non-hydrogen) atoms. The van der Waals surface area contributed by atoms with E-state index in [1.54, 1.807) is 34.2 Å². The second-order valence-electron chi connectivity index (χ2n) is 6.03. The van der Waals surface area contributed by atoms with Gasteiger partial charge in [0.25, 0.3) is 11.8 Å². The fourth-order valence-electron chi connectivity index (χ4n) is 2.98. The predicted molar refractivity (Wildman–Crippen MR) is 93.6 cm³/mol. The average molecular weight is 357 g/mol. The highest BCUT2D eigenvalue weighted by atomic mass is 19.1. The number of benzene rings is 1. The number of carbonyl (C=O) groups is 2. The number of carbonyl (C=O) groups excluding carboxylic acids is 2. The summed E-state index contributed by atoms with van der Waals surface area (Å²) in [5, 5.41) is 0. The van der Waals surface area contributed by atoms with Crippen molar-refractivity contribution in [3.05, 3.63) is 59.7 Å². The van der Waals surface area contributed by atoms with E-state index in [2.05, 4.69) is 4.98 Å². The van der Waals surface area contributed by atoms with Crippen LogP contribution in [0.4, 0.5) is 4.39 Å². The largest absolute Gasteiger partial charge is 0.494 e. The summed E-state index contributed by atoms with van der Waals surface area (Å²) >= 11 is 0. The normalized spacial score (nSPS) is 14.7. The van der Waals surface area contributed by atoms with Crippen LogP contribution in [-0.2, 0) is 0 Å². The van der Waals surface area contributed by atoms with Crippen molar-refractivity contribution in [3.8, 4) is 5.75 Å². The number of hydrogen-bond donors (Lipinski definition) is 0. The number of amides is 2. The second-order valence-corrected chi connectivity index (χ2v) is 6.03. The molecule has 1 aliphatic heterocycles. The molecular formula is C19H20FN3O3. The van der Waals surface area contributed by atoms with Gasteiger partial charge in [0.2, 0.25) is 0 Å². The standard InChI is InChI=1S/C19H20FN3O3/c1-26-17-6-5-14(12-16(17)20)18(24)22-8-3-9-23(11-10-22)19(25)15-4-2-7-21-13-15/h2,4-7,12-13H,3,8-11H2,1H3. The first kappa shape index (κ1) is 17.8. The molecule has 2 aromatic rings. The molecule has 3 rings (SSSR count). The maximum absolute atomic E-state index is 13.9. The van der Waals surface area contributed by atoms with Gasteiger partial charge in [-0.25, -0.2) is 4.39 Å². The Balaban J connectivity index is 1.67. The predicted octanol–water partition coefficient (Wildman–Crippen LogP) is 2.22. The molecule has 0 N–H and O–H groups in total. The Hall–Kier alpha value is -2.96. The van der Waals surface area contributed by atoms with Crippen LogP contribution >= 0.6 is 0 Å². The van der Waals surface area contributed by atoms with E-state index in [1.165, 1.54) is 25.4 Å². The number of methoxy groups -OCH3 is 1. The molecule has 1 aliphatic rings. The number of nitrogens with zero attached hydrogens (tertiary/aromatic N) is 3. The Kier molecular flexibility index (Phi) is 5.46. The molecule has 0 unspecified atom stereocenters. The van der Waals surface area contributed by atoms with Crippen LogP contribution in [0.2, 0.25) is 0 Å². The zero-order chi connectivity index (χ0) is 18.5. The van der Waals surface area contributed by atoms with Crippen LogP contribution < -0.4 is 4.74 Å². The van der Waals surface area contributed by atoms with Gasteiger partial charge >= 0.3 is 0 Å². The summed E-state index contributed by atoms with van der Waals surface area (Å²) in [6, 6.07) is 7.62. The van der Waals surface area contributed by atoms with E-state index in [1.807, 2.05) is 0 Å². The molecule has 7 heteroatoms. The van der Waals surface area contributed by atoms with Crippen molar-refractivity contribution < 1.29 is 18.7 Å². The molecule has 1 saturated heterocycles. The molecule has 6 nitrogen and oxygen atoms in total. The summed E-state index contributed by atoms with van der Waals surface area (Å²) in [5.41, 5.74) is 0.805. The Morgan fingerprint density at radius 1 is 1.04 bits per heavy atom. The molecule has 0 aliphatic carbocycles. The van der Waals surface area contributed by atoms with Gasteiger partial charge in [-0.2, -0.15) is 0 Å². The third-order valence-corrected chi connectivity index (χ3v) is 4.38. The average Bonchev–Trinajstić information content (AvgIpc) is 2.93. The van der Waals surface area contributed by atoms with Crippen LogP contribution in [0.3, 0.4) is 0 Å². The molecule has 0 spiro atoms. The van der Waals surface area contributed by atoms with Crippen molar-refractivity contribution in [2.75, 3.05) is 33.3 Å². The Morgan fingerprint density at radius 3 is 2.31 bits per heavy atom. The monoisotopic (exact) mass is 357 g/mol. The first-order valence-electron chi connectivity index (χ1n) is 8.42. The molecule has 1 aromatic carbocycles. The van der Waals surface area contributed by atoms with Crippen LogP contribution in [0.25, 0.3) is 0 Å². The van der Waals surface area contributed by atoms with E-state index in [4.69, 9.17) is 4.74 Å². The minimum Gasteiger partial charge on any atom is -0.494 e. The molecule has 0 radical (unpaired) electrons. The maximum Gasteiger partial charge on any atom is 0.255 e. The number of pyridine rings is 1. The molecule has 1 fully saturated rings. The van der Waals surface area contributed by atoms with E-state index in [9.17, 15) is 14.0 Å². The second kappa shape index (κ2) is 7.95. The summed E-state index contributed by atoms with van der Waals surface area (Å²) in [6.45, 7) is 1.91. The molecular weight excluding hydrogens is 337 g/mol. The quantitative estimate of drug-likeness (QED) is 0.845. The van der Waals surface area contributed by atoms with E-state index < -0.39 is 5.82 Å². The SMILES string of the molecule is COc1ccc(C(=O)N2CCCN(C(=O)c3cccnc3)CC2)cc1F. The van der Waals surface area contributed by atoms with E-state index in [-0.39, 0.29) is 23.1 Å². The fraction of sp³-hybridized carbons (Fsp3) is 0.316. The first-order chi connectivity index (χ1) is 12.6. The van der Waals surface area contributed by atoms with Crippen LogP contribution in [0, 0.1) is 5.82 Å². The van der Waals surface area contributed by atoms with Crippen LogP contribution in [-0.4, -0.2) is 59.9 Å². The third kappa shape index (κ3) is 3.82. The highest BCUT2D eigenvalue weighted by Gasteiger charge is 2.24. The Labute approximate surface area is 151 Å². The van der Waals surface area contributed by atoms with Crippen LogP contribution in [0.5, 0.6) is 5.75 Å². The van der Waals surface area contributed by atoms with E-state index in [0.29, 0.717) is 38.2 Å². The lowest BCUT2D eigenvalue weighted by Crippen LogP contribution is -2.37. The molecule has 0 bridgehead atoms. The third-order valence-electron chi connectivity index (χ3n) is 4.38. The molecule has 2 heterocycles. The molecule has 1 aromatic heterocycles. The van der Waals surface area contributed by atoms with Gasteiger partial charge in [-0.05, 0) is 36.8 Å². The van der Waals surface area contributed by atoms with Crippen molar-refractivity contribution >= 4 is 11.8 Å². The fourth-order valence-corrected chi connectivity index (χ4v) is 2.98. The zero-order valence-corrected chi connectivity index (χ0v) is 14.5. The van der Waals surface area contributed by atoms with Crippen LogP contribution in [0.1, 0.15) is 27.1 Å². The highest BCUT2D eigenvalue weighted by Crippen LogP contribution is 2.19. The van der Waals surface area contributed by atoms with Gasteiger partial charge in [-0.1, -0.05) is 0 Å². The van der Waals surface area contributed by atoms with Gasteiger partial charge in [0.05, 0.1) is 12.7 Å². The number of aromatic nitrogens is 1. The highest BCUT2D eigenvalue weighted by molar-refractivity contribution is 5.95. The van der Waals surface area contributed by atoms with Gasteiger partial charge in [0.1, 0.15) is 0 Å². The van der Waals surface area contributed by atoms with Gasteiger partial charge in [-0.15, -0.1) is 0 Å².